The number of ether oxygens (including phenoxy) is 1. The second-order valence-corrected chi connectivity index (χ2v) is 7.70. The molecule has 1 N–H and O–H groups in total. The number of para-hydroxylation sites is 1. The molecule has 0 spiro atoms. The Morgan fingerprint density at radius 2 is 1.65 bits per heavy atom. The number of carboxylic acids is 1. The fourth-order valence-electron chi connectivity index (χ4n) is 4.09. The van der Waals surface area contributed by atoms with Crippen LogP contribution in [0.5, 0.6) is 11.5 Å². The number of piperidine rings is 1. The fourth-order valence-corrected chi connectivity index (χ4v) is 4.09. The van der Waals surface area contributed by atoms with E-state index >= 15 is 0 Å². The molecule has 1 heterocycles. The highest BCUT2D eigenvalue weighted by Gasteiger charge is 2.31. The molecule has 0 saturated carbocycles. The molecule has 160 valence electrons. The topological polar surface area (TPSA) is 49.8 Å². The zero-order valence-corrected chi connectivity index (χ0v) is 16.9. The molecule has 1 fully saturated rings. The number of benzene rings is 3. The average Bonchev–Trinajstić information content (AvgIpc) is 2.77. The van der Waals surface area contributed by atoms with E-state index < -0.39 is 29.6 Å². The van der Waals surface area contributed by atoms with Crippen LogP contribution in [0.2, 0.25) is 0 Å². The van der Waals surface area contributed by atoms with E-state index in [-0.39, 0.29) is 0 Å². The maximum absolute atomic E-state index is 14.8. The molecule has 0 radical (unpaired) electrons. The van der Waals surface area contributed by atoms with Gasteiger partial charge in [0, 0.05) is 11.6 Å². The first kappa shape index (κ1) is 21.0. The van der Waals surface area contributed by atoms with Crippen LogP contribution in [0.3, 0.4) is 0 Å². The Hall–Kier alpha value is -3.25. The van der Waals surface area contributed by atoms with E-state index in [1.807, 2.05) is 54.6 Å². The number of nitrogens with zero attached hydrogens (tertiary/aromatic N) is 1. The minimum absolute atomic E-state index is 0.354. The molecule has 0 aromatic heterocycles. The lowest BCUT2D eigenvalue weighted by Gasteiger charge is -2.37. The summed E-state index contributed by atoms with van der Waals surface area (Å²) < 4.78 is 34.3. The van der Waals surface area contributed by atoms with Crippen molar-refractivity contribution in [2.75, 3.05) is 13.1 Å². The van der Waals surface area contributed by atoms with Crippen molar-refractivity contribution in [3.05, 3.63) is 95.6 Å². The Balaban J connectivity index is 1.67. The van der Waals surface area contributed by atoms with Crippen molar-refractivity contribution in [2.24, 2.45) is 5.92 Å². The molecular weight excluding hydrogens is 400 g/mol. The van der Waals surface area contributed by atoms with Crippen molar-refractivity contribution in [2.45, 2.75) is 18.9 Å². The Bertz CT molecular complexity index is 1050. The quantitative estimate of drug-likeness (QED) is 0.557. The molecule has 1 aliphatic rings. The first-order chi connectivity index (χ1) is 15.0. The van der Waals surface area contributed by atoms with Gasteiger partial charge in [-0.05, 0) is 61.8 Å². The van der Waals surface area contributed by atoms with Crippen LogP contribution in [0.4, 0.5) is 8.78 Å². The monoisotopic (exact) mass is 423 g/mol. The van der Waals surface area contributed by atoms with E-state index in [1.54, 1.807) is 0 Å². The summed E-state index contributed by atoms with van der Waals surface area (Å²) in [5.74, 6) is -1.17. The van der Waals surface area contributed by atoms with Gasteiger partial charge in [0.2, 0.25) is 0 Å². The Morgan fingerprint density at radius 3 is 2.32 bits per heavy atom. The molecule has 0 bridgehead atoms. The van der Waals surface area contributed by atoms with Crippen LogP contribution in [0.1, 0.15) is 30.0 Å². The molecule has 1 atom stereocenters. The van der Waals surface area contributed by atoms with Gasteiger partial charge in [-0.3, -0.25) is 9.69 Å². The zero-order valence-electron chi connectivity index (χ0n) is 16.9. The van der Waals surface area contributed by atoms with Crippen molar-refractivity contribution >= 4 is 5.97 Å². The predicted octanol–water partition coefficient (Wildman–Crippen LogP) is 5.64. The van der Waals surface area contributed by atoms with Crippen molar-refractivity contribution in [1.29, 1.82) is 0 Å². The lowest BCUT2D eigenvalue weighted by Crippen LogP contribution is -2.39. The number of likely N-dealkylation sites (tertiary alicyclic amines) is 1. The maximum atomic E-state index is 14.8. The SMILES string of the molecule is O=C(O)C1CCN(C(c2cccc(Oc3ccccc3)c2)c2ccc(F)cc2F)CC1. The summed E-state index contributed by atoms with van der Waals surface area (Å²) in [5, 5.41) is 9.31. The zero-order chi connectivity index (χ0) is 21.8. The molecule has 3 aromatic carbocycles. The molecular formula is C25H23F2NO3. The number of hydrogen-bond donors (Lipinski definition) is 1. The molecule has 4 nitrogen and oxygen atoms in total. The first-order valence-corrected chi connectivity index (χ1v) is 10.3. The highest BCUT2D eigenvalue weighted by molar-refractivity contribution is 5.70. The van der Waals surface area contributed by atoms with Crippen molar-refractivity contribution in [3.63, 3.8) is 0 Å². The van der Waals surface area contributed by atoms with Gasteiger partial charge in [0.15, 0.2) is 0 Å². The van der Waals surface area contributed by atoms with Crippen LogP contribution in [-0.2, 0) is 4.79 Å². The van der Waals surface area contributed by atoms with Crippen LogP contribution in [0.15, 0.2) is 72.8 Å². The highest BCUT2D eigenvalue weighted by atomic mass is 19.1. The van der Waals surface area contributed by atoms with Crippen molar-refractivity contribution in [1.82, 2.24) is 4.90 Å². The van der Waals surface area contributed by atoms with E-state index in [9.17, 15) is 18.7 Å². The molecule has 0 amide bonds. The summed E-state index contributed by atoms with van der Waals surface area (Å²) >= 11 is 0. The van der Waals surface area contributed by atoms with E-state index in [1.165, 1.54) is 12.1 Å². The minimum atomic E-state index is -0.803. The Kier molecular flexibility index (Phi) is 6.28. The smallest absolute Gasteiger partial charge is 0.306 e. The van der Waals surface area contributed by atoms with Gasteiger partial charge in [0.25, 0.3) is 0 Å². The summed E-state index contributed by atoms with van der Waals surface area (Å²) in [6, 6.07) is 19.9. The highest BCUT2D eigenvalue weighted by Crippen LogP contribution is 2.36. The second kappa shape index (κ2) is 9.27. The minimum Gasteiger partial charge on any atom is -0.481 e. The van der Waals surface area contributed by atoms with Crippen LogP contribution in [0.25, 0.3) is 0 Å². The number of aliphatic carboxylic acids is 1. The molecule has 3 aromatic rings. The van der Waals surface area contributed by atoms with Crippen LogP contribution >= 0.6 is 0 Å². The fraction of sp³-hybridized carbons (Fsp3) is 0.240. The van der Waals surface area contributed by atoms with Gasteiger partial charge in [-0.1, -0.05) is 36.4 Å². The maximum Gasteiger partial charge on any atom is 0.306 e. The molecule has 31 heavy (non-hydrogen) atoms. The van der Waals surface area contributed by atoms with Gasteiger partial charge >= 0.3 is 5.97 Å². The summed E-state index contributed by atoms with van der Waals surface area (Å²) in [6.07, 6.45) is 0.962. The summed E-state index contributed by atoms with van der Waals surface area (Å²) in [5.41, 5.74) is 1.15. The van der Waals surface area contributed by atoms with E-state index in [0.29, 0.717) is 43.0 Å². The third kappa shape index (κ3) is 4.91. The van der Waals surface area contributed by atoms with Crippen LogP contribution in [0, 0.1) is 17.6 Å². The average molecular weight is 423 g/mol. The van der Waals surface area contributed by atoms with Crippen molar-refractivity contribution in [3.8, 4) is 11.5 Å². The number of halogens is 2. The van der Waals surface area contributed by atoms with Gasteiger partial charge in [0.1, 0.15) is 23.1 Å². The number of hydrogen-bond acceptors (Lipinski definition) is 3. The van der Waals surface area contributed by atoms with E-state index in [2.05, 4.69) is 4.90 Å². The Morgan fingerprint density at radius 1 is 0.935 bits per heavy atom. The van der Waals surface area contributed by atoms with Gasteiger partial charge in [-0.15, -0.1) is 0 Å². The standard InChI is InChI=1S/C25H23F2NO3/c26-19-9-10-22(23(27)16-19)24(28-13-11-17(12-14-28)25(29)30)18-5-4-8-21(15-18)31-20-6-2-1-3-7-20/h1-10,15-17,24H,11-14H2,(H,29,30). The van der Waals surface area contributed by atoms with Gasteiger partial charge < -0.3 is 9.84 Å². The number of rotatable bonds is 6. The molecule has 1 aliphatic heterocycles. The molecule has 0 aliphatic carbocycles. The van der Waals surface area contributed by atoms with E-state index in [4.69, 9.17) is 4.74 Å². The summed E-state index contributed by atoms with van der Waals surface area (Å²) in [4.78, 5) is 13.4. The van der Waals surface area contributed by atoms with Gasteiger partial charge in [-0.2, -0.15) is 0 Å². The van der Waals surface area contributed by atoms with Crippen LogP contribution < -0.4 is 4.74 Å². The number of carbonyl (C=O) groups is 1. The van der Waals surface area contributed by atoms with Gasteiger partial charge in [0.05, 0.1) is 12.0 Å². The lowest BCUT2D eigenvalue weighted by atomic mass is 9.91. The summed E-state index contributed by atoms with van der Waals surface area (Å²) in [6.45, 7) is 1.00. The lowest BCUT2D eigenvalue weighted by molar-refractivity contribution is -0.143. The summed E-state index contributed by atoms with van der Waals surface area (Å²) in [7, 11) is 0. The molecule has 1 unspecified atom stereocenters. The van der Waals surface area contributed by atoms with Crippen molar-refractivity contribution < 1.29 is 23.4 Å². The largest absolute Gasteiger partial charge is 0.481 e. The predicted molar refractivity (Wildman–Crippen MR) is 113 cm³/mol. The third-order valence-corrected chi connectivity index (χ3v) is 5.65. The van der Waals surface area contributed by atoms with Crippen LogP contribution in [-0.4, -0.2) is 29.1 Å². The molecule has 6 heteroatoms. The third-order valence-electron chi connectivity index (χ3n) is 5.65. The Labute approximate surface area is 179 Å². The molecule has 4 rings (SSSR count). The van der Waals surface area contributed by atoms with Gasteiger partial charge in [-0.25, -0.2) is 8.78 Å². The molecule has 1 saturated heterocycles. The number of carboxylic acid groups (broad SMARTS) is 1. The van der Waals surface area contributed by atoms with E-state index in [0.717, 1.165) is 11.6 Å². The first-order valence-electron chi connectivity index (χ1n) is 10.3. The normalized spacial score (nSPS) is 16.1. The second-order valence-electron chi connectivity index (χ2n) is 7.70.